The molecule has 0 N–H and O–H groups in total. The number of pyridine rings is 1. The summed E-state index contributed by atoms with van der Waals surface area (Å²) in [6.07, 6.45) is 7.89. The molecule has 2 heteroatoms. The second-order valence-corrected chi connectivity index (χ2v) is 5.19. The molecule has 0 bridgehead atoms. The number of hydrogen-bond donors (Lipinski definition) is 0. The molecular formula is C14H22N2. The molecule has 0 saturated carbocycles. The normalized spacial score (nSPS) is 22.6. The summed E-state index contributed by atoms with van der Waals surface area (Å²) in [4.78, 5) is 6.88. The van der Waals surface area contributed by atoms with Crippen LogP contribution < -0.4 is 0 Å². The fourth-order valence-corrected chi connectivity index (χ4v) is 2.63. The number of aromatic nitrogens is 1. The van der Waals surface area contributed by atoms with Crippen molar-refractivity contribution in [1.29, 1.82) is 0 Å². The van der Waals surface area contributed by atoms with Crippen LogP contribution in [0.4, 0.5) is 0 Å². The molecule has 1 aliphatic rings. The van der Waals surface area contributed by atoms with Crippen LogP contribution >= 0.6 is 0 Å². The second-order valence-electron chi connectivity index (χ2n) is 5.19. The summed E-state index contributed by atoms with van der Waals surface area (Å²) in [5.74, 6) is 0.747. The predicted octanol–water partition coefficient (Wildman–Crippen LogP) is 3.26. The number of rotatable bonds is 3. The third kappa shape index (κ3) is 2.82. The van der Waals surface area contributed by atoms with E-state index >= 15 is 0 Å². The van der Waals surface area contributed by atoms with Crippen molar-refractivity contribution in [3.05, 3.63) is 30.1 Å². The van der Waals surface area contributed by atoms with Gasteiger partial charge >= 0.3 is 0 Å². The fourth-order valence-electron chi connectivity index (χ4n) is 2.63. The molecular weight excluding hydrogens is 196 g/mol. The lowest BCUT2D eigenvalue weighted by Gasteiger charge is -2.36. The van der Waals surface area contributed by atoms with Crippen LogP contribution in [0.5, 0.6) is 0 Å². The summed E-state index contributed by atoms with van der Waals surface area (Å²) >= 11 is 0. The molecule has 1 aliphatic heterocycles. The second kappa shape index (κ2) is 5.44. The minimum Gasteiger partial charge on any atom is -0.296 e. The highest BCUT2D eigenvalue weighted by Crippen LogP contribution is 2.30. The third-order valence-corrected chi connectivity index (χ3v) is 3.28. The lowest BCUT2D eigenvalue weighted by molar-refractivity contribution is 0.132. The summed E-state index contributed by atoms with van der Waals surface area (Å²) in [5.41, 5.74) is 1.39. The smallest absolute Gasteiger partial charge is 0.0363 e. The molecule has 0 aromatic carbocycles. The molecule has 16 heavy (non-hydrogen) atoms. The molecule has 88 valence electrons. The van der Waals surface area contributed by atoms with Gasteiger partial charge in [0.15, 0.2) is 0 Å². The molecule has 1 atom stereocenters. The first-order valence-electron chi connectivity index (χ1n) is 6.41. The van der Waals surface area contributed by atoms with Gasteiger partial charge in [-0.2, -0.15) is 0 Å². The summed E-state index contributed by atoms with van der Waals surface area (Å²) in [6.45, 7) is 7.06. The van der Waals surface area contributed by atoms with Gasteiger partial charge in [-0.1, -0.05) is 26.3 Å². The SMILES string of the molecule is CC(C)CN1CCCC[C@H]1c1cccnc1. The van der Waals surface area contributed by atoms with Crippen molar-refractivity contribution in [2.45, 2.75) is 39.2 Å². The van der Waals surface area contributed by atoms with Gasteiger partial charge in [0.25, 0.3) is 0 Å². The average Bonchev–Trinajstić information content (AvgIpc) is 2.30. The van der Waals surface area contributed by atoms with Gasteiger partial charge in [0.05, 0.1) is 0 Å². The topological polar surface area (TPSA) is 16.1 Å². The van der Waals surface area contributed by atoms with Gasteiger partial charge in [0.2, 0.25) is 0 Å². The van der Waals surface area contributed by atoms with E-state index in [0.717, 1.165) is 5.92 Å². The van der Waals surface area contributed by atoms with Gasteiger partial charge in [-0.15, -0.1) is 0 Å². The van der Waals surface area contributed by atoms with Gasteiger partial charge in [-0.05, 0) is 36.9 Å². The zero-order valence-corrected chi connectivity index (χ0v) is 10.4. The van der Waals surface area contributed by atoms with Crippen molar-refractivity contribution < 1.29 is 0 Å². The monoisotopic (exact) mass is 218 g/mol. The maximum absolute atomic E-state index is 4.25. The van der Waals surface area contributed by atoms with Crippen molar-refractivity contribution in [2.24, 2.45) is 5.92 Å². The Morgan fingerprint density at radius 1 is 1.44 bits per heavy atom. The standard InChI is InChI=1S/C14H22N2/c1-12(2)11-16-9-4-3-7-14(16)13-6-5-8-15-10-13/h5-6,8,10,12,14H,3-4,7,9,11H2,1-2H3/t14-/m0/s1. The van der Waals surface area contributed by atoms with Gasteiger partial charge < -0.3 is 0 Å². The molecule has 2 rings (SSSR count). The molecule has 1 aromatic rings. The Morgan fingerprint density at radius 3 is 3.00 bits per heavy atom. The first kappa shape index (κ1) is 11.6. The fraction of sp³-hybridized carbons (Fsp3) is 0.643. The molecule has 0 radical (unpaired) electrons. The van der Waals surface area contributed by atoms with E-state index in [9.17, 15) is 0 Å². The van der Waals surface area contributed by atoms with Crippen molar-refractivity contribution in [1.82, 2.24) is 9.88 Å². The maximum atomic E-state index is 4.25. The molecule has 1 aromatic heterocycles. The maximum Gasteiger partial charge on any atom is 0.0363 e. The Balaban J connectivity index is 2.10. The van der Waals surface area contributed by atoms with Gasteiger partial charge in [-0.25, -0.2) is 0 Å². The van der Waals surface area contributed by atoms with E-state index in [1.54, 1.807) is 0 Å². The van der Waals surface area contributed by atoms with E-state index in [1.807, 2.05) is 12.4 Å². The molecule has 0 unspecified atom stereocenters. The summed E-state index contributed by atoms with van der Waals surface area (Å²) in [6, 6.07) is 4.87. The Hall–Kier alpha value is -0.890. The highest BCUT2D eigenvalue weighted by atomic mass is 15.2. The first-order chi connectivity index (χ1) is 7.77. The summed E-state index contributed by atoms with van der Waals surface area (Å²) in [7, 11) is 0. The third-order valence-electron chi connectivity index (χ3n) is 3.28. The number of likely N-dealkylation sites (tertiary alicyclic amines) is 1. The first-order valence-corrected chi connectivity index (χ1v) is 6.41. The Labute approximate surface area is 98.7 Å². The molecule has 1 saturated heterocycles. The average molecular weight is 218 g/mol. The minimum absolute atomic E-state index is 0.602. The van der Waals surface area contributed by atoms with Crippen molar-refractivity contribution in [3.63, 3.8) is 0 Å². The van der Waals surface area contributed by atoms with Crippen molar-refractivity contribution in [3.8, 4) is 0 Å². The van der Waals surface area contributed by atoms with E-state index in [4.69, 9.17) is 0 Å². The van der Waals surface area contributed by atoms with E-state index < -0.39 is 0 Å². The van der Waals surface area contributed by atoms with Crippen LogP contribution in [-0.2, 0) is 0 Å². The predicted molar refractivity (Wildman–Crippen MR) is 67.2 cm³/mol. The van der Waals surface area contributed by atoms with E-state index in [-0.39, 0.29) is 0 Å². The largest absolute Gasteiger partial charge is 0.296 e. The van der Waals surface area contributed by atoms with Crippen LogP contribution in [-0.4, -0.2) is 23.0 Å². The van der Waals surface area contributed by atoms with Crippen LogP contribution in [0.1, 0.15) is 44.7 Å². The molecule has 1 fully saturated rings. The van der Waals surface area contributed by atoms with E-state index in [2.05, 4.69) is 35.9 Å². The molecule has 0 spiro atoms. The van der Waals surface area contributed by atoms with Gasteiger partial charge in [0, 0.05) is 25.0 Å². The van der Waals surface area contributed by atoms with Crippen molar-refractivity contribution in [2.75, 3.05) is 13.1 Å². The molecule has 0 aliphatic carbocycles. The Morgan fingerprint density at radius 2 is 2.31 bits per heavy atom. The summed E-state index contributed by atoms with van der Waals surface area (Å²) in [5, 5.41) is 0. The van der Waals surface area contributed by atoms with Gasteiger partial charge in [-0.3, -0.25) is 9.88 Å². The quantitative estimate of drug-likeness (QED) is 0.774. The number of piperidine rings is 1. The molecule has 2 heterocycles. The van der Waals surface area contributed by atoms with Gasteiger partial charge in [0.1, 0.15) is 0 Å². The highest BCUT2D eigenvalue weighted by Gasteiger charge is 2.24. The summed E-state index contributed by atoms with van der Waals surface area (Å²) < 4.78 is 0. The zero-order chi connectivity index (χ0) is 11.4. The van der Waals surface area contributed by atoms with E-state index in [1.165, 1.54) is 37.9 Å². The lowest BCUT2D eigenvalue weighted by Crippen LogP contribution is -2.36. The zero-order valence-electron chi connectivity index (χ0n) is 10.4. The van der Waals surface area contributed by atoms with Crippen LogP contribution in [0.15, 0.2) is 24.5 Å². The van der Waals surface area contributed by atoms with Crippen LogP contribution in [0.2, 0.25) is 0 Å². The number of hydrogen-bond acceptors (Lipinski definition) is 2. The highest BCUT2D eigenvalue weighted by molar-refractivity contribution is 5.14. The molecule has 0 amide bonds. The minimum atomic E-state index is 0.602. The van der Waals surface area contributed by atoms with Crippen LogP contribution in [0.25, 0.3) is 0 Å². The van der Waals surface area contributed by atoms with Crippen molar-refractivity contribution >= 4 is 0 Å². The Bertz CT molecular complexity index is 308. The van der Waals surface area contributed by atoms with Crippen LogP contribution in [0.3, 0.4) is 0 Å². The Kier molecular flexibility index (Phi) is 3.94. The molecule has 2 nitrogen and oxygen atoms in total. The lowest BCUT2D eigenvalue weighted by atomic mass is 9.95. The number of nitrogens with zero attached hydrogens (tertiary/aromatic N) is 2. The van der Waals surface area contributed by atoms with Crippen LogP contribution in [0, 0.1) is 5.92 Å². The van der Waals surface area contributed by atoms with E-state index in [0.29, 0.717) is 6.04 Å².